The first kappa shape index (κ1) is 22.6. The van der Waals surface area contributed by atoms with E-state index in [9.17, 15) is 4.79 Å². The maximum absolute atomic E-state index is 14.2. The summed E-state index contributed by atoms with van der Waals surface area (Å²) in [4.78, 5) is 25.3. The van der Waals surface area contributed by atoms with Gasteiger partial charge in [0.2, 0.25) is 0 Å². The van der Waals surface area contributed by atoms with Crippen molar-refractivity contribution in [1.82, 2.24) is 14.8 Å². The van der Waals surface area contributed by atoms with Crippen LogP contribution < -0.4 is 4.90 Å². The van der Waals surface area contributed by atoms with Gasteiger partial charge in [-0.15, -0.1) is 0 Å². The second kappa shape index (κ2) is 9.59. The van der Waals surface area contributed by atoms with Crippen LogP contribution in [0.4, 0.5) is 5.69 Å². The number of hydrogen-bond acceptors (Lipinski definition) is 4. The summed E-state index contributed by atoms with van der Waals surface area (Å²) in [6, 6.07) is 23.4. The summed E-state index contributed by atoms with van der Waals surface area (Å²) in [6.45, 7) is 2.76. The first-order valence-corrected chi connectivity index (χ1v) is 12.4. The van der Waals surface area contributed by atoms with E-state index in [1.165, 1.54) is 24.0 Å². The van der Waals surface area contributed by atoms with Crippen molar-refractivity contribution in [3.05, 3.63) is 95.8 Å². The highest BCUT2D eigenvalue weighted by Crippen LogP contribution is 2.44. The fourth-order valence-electron chi connectivity index (χ4n) is 6.13. The topological polar surface area (TPSA) is 39.7 Å². The van der Waals surface area contributed by atoms with Gasteiger partial charge in [0.15, 0.2) is 0 Å². The number of nitrogens with zero attached hydrogens (tertiary/aromatic N) is 4. The second-order valence-electron chi connectivity index (χ2n) is 9.64. The zero-order valence-corrected chi connectivity index (χ0v) is 20.2. The van der Waals surface area contributed by atoms with E-state index in [1.807, 2.05) is 12.3 Å². The van der Waals surface area contributed by atoms with Crippen LogP contribution in [0.15, 0.2) is 79.1 Å². The Labute approximate surface area is 203 Å². The highest BCUT2D eigenvalue weighted by molar-refractivity contribution is 6.00. The Morgan fingerprint density at radius 2 is 1.50 bits per heavy atom. The minimum atomic E-state index is -0.454. The molecule has 176 valence electrons. The van der Waals surface area contributed by atoms with Crippen LogP contribution in [0.3, 0.4) is 0 Å². The third kappa shape index (κ3) is 3.78. The Balaban J connectivity index is 1.62. The summed E-state index contributed by atoms with van der Waals surface area (Å²) in [5.41, 5.74) is 3.72. The highest BCUT2D eigenvalue weighted by atomic mass is 16.2. The quantitative estimate of drug-likeness (QED) is 0.537. The van der Waals surface area contributed by atoms with Gasteiger partial charge in [0.25, 0.3) is 5.91 Å². The fraction of sp³-hybridized carbons (Fsp3) is 0.379. The highest BCUT2D eigenvalue weighted by Gasteiger charge is 2.50. The van der Waals surface area contributed by atoms with Gasteiger partial charge in [-0.05, 0) is 57.0 Å². The number of amides is 1. The molecular weight excluding hydrogens is 420 g/mol. The molecule has 0 saturated carbocycles. The van der Waals surface area contributed by atoms with Crippen molar-refractivity contribution < 1.29 is 4.79 Å². The van der Waals surface area contributed by atoms with Crippen molar-refractivity contribution in [2.24, 2.45) is 0 Å². The summed E-state index contributed by atoms with van der Waals surface area (Å²) in [5, 5.41) is 0. The number of carbonyl (C=O) groups excluding carboxylic acids is 1. The van der Waals surface area contributed by atoms with Crippen LogP contribution in [-0.2, 0) is 5.54 Å². The van der Waals surface area contributed by atoms with E-state index in [4.69, 9.17) is 0 Å². The standard InChI is InChI=1S/C29H34N4O/c1-31(2)29(23-12-5-3-6-13-23,24-14-7-4-8-15-24)27-16-11-21-33(27)28(34)25-22-30-18-17-26(25)32-19-9-10-20-32/h3-8,12-15,17-18,22,27H,9-11,16,19-21H2,1-2H3/t27-/m0/s1. The van der Waals surface area contributed by atoms with Crippen LogP contribution in [0, 0.1) is 0 Å². The van der Waals surface area contributed by atoms with Crippen LogP contribution in [0.1, 0.15) is 47.2 Å². The minimum absolute atomic E-state index is 0.00596. The predicted octanol–water partition coefficient (Wildman–Crippen LogP) is 4.79. The number of benzene rings is 2. The van der Waals surface area contributed by atoms with Gasteiger partial charge in [0.05, 0.1) is 22.8 Å². The van der Waals surface area contributed by atoms with Crippen molar-refractivity contribution in [2.75, 3.05) is 38.6 Å². The average molecular weight is 455 g/mol. The monoisotopic (exact) mass is 454 g/mol. The normalized spacial score (nSPS) is 18.6. The molecule has 5 heteroatoms. The molecule has 5 rings (SSSR count). The number of carbonyl (C=O) groups is 1. The molecule has 2 saturated heterocycles. The molecule has 3 aromatic rings. The fourth-order valence-corrected chi connectivity index (χ4v) is 6.13. The van der Waals surface area contributed by atoms with Crippen molar-refractivity contribution in [2.45, 2.75) is 37.3 Å². The van der Waals surface area contributed by atoms with Crippen LogP contribution in [0.25, 0.3) is 0 Å². The summed E-state index contributed by atoms with van der Waals surface area (Å²) < 4.78 is 0. The molecule has 0 spiro atoms. The maximum Gasteiger partial charge on any atom is 0.257 e. The first-order valence-electron chi connectivity index (χ1n) is 12.4. The average Bonchev–Trinajstić information content (AvgIpc) is 3.59. The summed E-state index contributed by atoms with van der Waals surface area (Å²) >= 11 is 0. The Hall–Kier alpha value is -3.18. The number of rotatable bonds is 6. The first-order chi connectivity index (χ1) is 16.6. The van der Waals surface area contributed by atoms with Crippen molar-refractivity contribution >= 4 is 11.6 Å². The number of anilines is 1. The molecule has 2 aromatic carbocycles. The summed E-state index contributed by atoms with van der Waals surface area (Å²) in [5.74, 6) is 0.0931. The lowest BCUT2D eigenvalue weighted by Crippen LogP contribution is -2.57. The van der Waals surface area contributed by atoms with E-state index in [1.54, 1.807) is 6.20 Å². The molecule has 1 atom stereocenters. The largest absolute Gasteiger partial charge is 0.371 e. The summed E-state index contributed by atoms with van der Waals surface area (Å²) in [6.07, 6.45) is 7.87. The lowest BCUT2D eigenvalue weighted by Gasteiger charge is -2.48. The van der Waals surface area contributed by atoms with Crippen LogP contribution in [0.2, 0.25) is 0 Å². The lowest BCUT2D eigenvalue weighted by molar-refractivity contribution is 0.0493. The molecule has 3 heterocycles. The number of likely N-dealkylation sites (tertiary alicyclic amines) is 1. The zero-order chi connectivity index (χ0) is 23.5. The Morgan fingerprint density at radius 1 is 0.882 bits per heavy atom. The van der Waals surface area contributed by atoms with Gasteiger partial charge < -0.3 is 9.80 Å². The molecule has 1 amide bonds. The molecule has 1 aromatic heterocycles. The zero-order valence-electron chi connectivity index (χ0n) is 20.2. The van der Waals surface area contributed by atoms with E-state index in [0.29, 0.717) is 0 Å². The van der Waals surface area contributed by atoms with Gasteiger partial charge in [-0.3, -0.25) is 14.7 Å². The summed E-state index contributed by atoms with van der Waals surface area (Å²) in [7, 11) is 4.28. The molecule has 0 unspecified atom stereocenters. The van der Waals surface area contributed by atoms with E-state index < -0.39 is 5.54 Å². The molecule has 0 N–H and O–H groups in total. The molecule has 0 bridgehead atoms. The molecule has 0 radical (unpaired) electrons. The molecule has 2 aliphatic heterocycles. The van der Waals surface area contributed by atoms with Gasteiger partial charge in [-0.2, -0.15) is 0 Å². The Kier molecular flexibility index (Phi) is 6.38. The molecule has 34 heavy (non-hydrogen) atoms. The molecule has 0 aliphatic carbocycles. The van der Waals surface area contributed by atoms with E-state index in [2.05, 4.69) is 94.4 Å². The van der Waals surface area contributed by atoms with Crippen molar-refractivity contribution in [3.63, 3.8) is 0 Å². The van der Waals surface area contributed by atoms with E-state index in [0.717, 1.165) is 43.7 Å². The number of hydrogen-bond donors (Lipinski definition) is 0. The van der Waals surface area contributed by atoms with Crippen molar-refractivity contribution in [1.29, 1.82) is 0 Å². The maximum atomic E-state index is 14.2. The molecule has 2 aliphatic rings. The van der Waals surface area contributed by atoms with Gasteiger partial charge in [-0.1, -0.05) is 60.7 Å². The van der Waals surface area contributed by atoms with Gasteiger partial charge in [0, 0.05) is 32.0 Å². The van der Waals surface area contributed by atoms with Gasteiger partial charge in [0.1, 0.15) is 0 Å². The van der Waals surface area contributed by atoms with Crippen molar-refractivity contribution in [3.8, 4) is 0 Å². The van der Waals surface area contributed by atoms with Crippen LogP contribution in [-0.4, -0.2) is 60.5 Å². The Morgan fingerprint density at radius 3 is 2.09 bits per heavy atom. The SMILES string of the molecule is CN(C)C(c1ccccc1)(c1ccccc1)[C@@H]1CCCN1C(=O)c1cnccc1N1CCCC1. The Bertz CT molecular complexity index is 1070. The molecule has 2 fully saturated rings. The smallest absolute Gasteiger partial charge is 0.257 e. The molecular formula is C29H34N4O. The number of pyridine rings is 1. The van der Waals surface area contributed by atoms with Crippen LogP contribution in [0.5, 0.6) is 0 Å². The van der Waals surface area contributed by atoms with Gasteiger partial charge >= 0.3 is 0 Å². The minimum Gasteiger partial charge on any atom is -0.371 e. The lowest BCUT2D eigenvalue weighted by atomic mass is 9.74. The van der Waals surface area contributed by atoms with E-state index in [-0.39, 0.29) is 11.9 Å². The predicted molar refractivity (Wildman–Crippen MR) is 137 cm³/mol. The third-order valence-corrected chi connectivity index (χ3v) is 7.60. The molecule has 5 nitrogen and oxygen atoms in total. The second-order valence-corrected chi connectivity index (χ2v) is 9.64. The third-order valence-electron chi connectivity index (χ3n) is 7.60. The number of aromatic nitrogens is 1. The van der Waals surface area contributed by atoms with Gasteiger partial charge in [-0.25, -0.2) is 0 Å². The van der Waals surface area contributed by atoms with Crippen LogP contribution >= 0.6 is 0 Å². The van der Waals surface area contributed by atoms with E-state index >= 15 is 0 Å². The number of likely N-dealkylation sites (N-methyl/N-ethyl adjacent to an activating group) is 1.